The van der Waals surface area contributed by atoms with Crippen molar-refractivity contribution in [1.82, 2.24) is 4.90 Å². The number of aromatic hydroxyl groups is 1. The lowest BCUT2D eigenvalue weighted by atomic mass is 10.2. The zero-order chi connectivity index (χ0) is 16.1. The van der Waals surface area contributed by atoms with Crippen molar-refractivity contribution in [1.29, 1.82) is 0 Å². The minimum absolute atomic E-state index is 0.360. The number of hydrogen-bond donors (Lipinski definition) is 1. The fraction of sp³-hybridized carbons (Fsp3) is 0.333. The van der Waals surface area contributed by atoms with Crippen LogP contribution in [0, 0.1) is 0 Å². The molecule has 0 aromatic heterocycles. The van der Waals surface area contributed by atoms with E-state index in [4.69, 9.17) is 4.74 Å². The third-order valence-electron chi connectivity index (χ3n) is 4.07. The number of halogens is 1. The minimum Gasteiger partial charge on any atom is -0.506 e. The molecule has 2 aromatic rings. The molecule has 1 aliphatic rings. The average molecular weight is 377 g/mol. The molecule has 0 spiro atoms. The van der Waals surface area contributed by atoms with E-state index < -0.39 is 0 Å². The van der Waals surface area contributed by atoms with Gasteiger partial charge in [-0.15, -0.1) is 0 Å². The van der Waals surface area contributed by atoms with Crippen molar-refractivity contribution >= 4 is 21.6 Å². The Bertz CT molecular complexity index is 642. The van der Waals surface area contributed by atoms with E-state index in [0.717, 1.165) is 48.6 Å². The maximum atomic E-state index is 9.94. The van der Waals surface area contributed by atoms with E-state index in [1.54, 1.807) is 6.07 Å². The van der Waals surface area contributed by atoms with Crippen LogP contribution < -0.4 is 9.64 Å². The summed E-state index contributed by atoms with van der Waals surface area (Å²) < 4.78 is 6.83. The van der Waals surface area contributed by atoms with Gasteiger partial charge in [0.25, 0.3) is 0 Å². The molecule has 0 aliphatic carbocycles. The van der Waals surface area contributed by atoms with Gasteiger partial charge in [0.15, 0.2) is 0 Å². The molecule has 3 rings (SSSR count). The van der Waals surface area contributed by atoms with E-state index in [-0.39, 0.29) is 0 Å². The quantitative estimate of drug-likeness (QED) is 0.867. The van der Waals surface area contributed by atoms with Gasteiger partial charge in [-0.3, -0.25) is 4.90 Å². The highest BCUT2D eigenvalue weighted by Gasteiger charge is 2.18. The first-order chi connectivity index (χ1) is 11.2. The zero-order valence-electron chi connectivity index (χ0n) is 13.0. The van der Waals surface area contributed by atoms with Gasteiger partial charge >= 0.3 is 0 Å². The smallest absolute Gasteiger partial charge is 0.138 e. The Morgan fingerprint density at radius 3 is 2.52 bits per heavy atom. The van der Waals surface area contributed by atoms with Crippen molar-refractivity contribution in [3.63, 3.8) is 0 Å². The van der Waals surface area contributed by atoms with Crippen molar-refractivity contribution < 1.29 is 9.84 Å². The fourth-order valence-corrected chi connectivity index (χ4v) is 3.17. The summed E-state index contributed by atoms with van der Waals surface area (Å²) in [5, 5.41) is 9.94. The van der Waals surface area contributed by atoms with E-state index in [1.165, 1.54) is 0 Å². The summed E-state index contributed by atoms with van der Waals surface area (Å²) >= 11 is 3.45. The highest BCUT2D eigenvalue weighted by atomic mass is 79.9. The maximum Gasteiger partial charge on any atom is 0.138 e. The van der Waals surface area contributed by atoms with Crippen LogP contribution in [0.2, 0.25) is 0 Å². The number of nitrogens with zero attached hydrogens (tertiary/aromatic N) is 2. The molecule has 1 fully saturated rings. The Hall–Kier alpha value is -1.72. The summed E-state index contributed by atoms with van der Waals surface area (Å²) in [4.78, 5) is 4.63. The Morgan fingerprint density at radius 2 is 1.78 bits per heavy atom. The Balaban J connectivity index is 1.44. The summed E-state index contributed by atoms with van der Waals surface area (Å²) in [7, 11) is 0. The van der Waals surface area contributed by atoms with Crippen LogP contribution in [0.5, 0.6) is 11.5 Å². The van der Waals surface area contributed by atoms with E-state index in [2.05, 4.69) is 25.7 Å². The molecule has 5 heteroatoms. The number of phenols is 1. The molecular formula is C18H21BrN2O2. The van der Waals surface area contributed by atoms with Crippen LogP contribution in [-0.2, 0) is 0 Å². The average Bonchev–Trinajstić information content (AvgIpc) is 2.56. The Labute approximate surface area is 145 Å². The molecule has 0 radical (unpaired) electrons. The number of benzene rings is 2. The summed E-state index contributed by atoms with van der Waals surface area (Å²) in [5.41, 5.74) is 0.928. The number of piperazine rings is 1. The third kappa shape index (κ3) is 4.39. The standard InChI is InChI=1S/C18H21BrN2O2/c19-15-4-3-5-16(14-15)23-13-12-20-8-10-21(11-9-20)17-6-1-2-7-18(17)22/h1-7,14,22H,8-13H2. The molecule has 0 amide bonds. The first-order valence-electron chi connectivity index (χ1n) is 7.86. The molecule has 2 aromatic carbocycles. The van der Waals surface area contributed by atoms with Gasteiger partial charge in [0, 0.05) is 37.2 Å². The van der Waals surface area contributed by atoms with E-state index in [0.29, 0.717) is 12.4 Å². The molecule has 0 atom stereocenters. The van der Waals surface area contributed by atoms with Crippen LogP contribution in [-0.4, -0.2) is 49.3 Å². The van der Waals surface area contributed by atoms with Gasteiger partial charge in [0.1, 0.15) is 18.1 Å². The van der Waals surface area contributed by atoms with E-state index >= 15 is 0 Å². The molecular weight excluding hydrogens is 356 g/mol. The van der Waals surface area contributed by atoms with E-state index in [9.17, 15) is 5.11 Å². The second-order valence-electron chi connectivity index (χ2n) is 5.62. The first kappa shape index (κ1) is 16.1. The molecule has 1 saturated heterocycles. The summed E-state index contributed by atoms with van der Waals surface area (Å²) in [6.45, 7) is 5.42. The lowest BCUT2D eigenvalue weighted by Gasteiger charge is -2.36. The van der Waals surface area contributed by atoms with Crippen molar-refractivity contribution in [2.24, 2.45) is 0 Å². The largest absolute Gasteiger partial charge is 0.506 e. The van der Waals surface area contributed by atoms with Gasteiger partial charge < -0.3 is 14.7 Å². The van der Waals surface area contributed by atoms with Gasteiger partial charge in [-0.2, -0.15) is 0 Å². The number of ether oxygens (including phenoxy) is 1. The van der Waals surface area contributed by atoms with Gasteiger partial charge in [-0.25, -0.2) is 0 Å². The second-order valence-corrected chi connectivity index (χ2v) is 6.54. The highest BCUT2D eigenvalue weighted by molar-refractivity contribution is 9.10. The van der Waals surface area contributed by atoms with Gasteiger partial charge in [-0.1, -0.05) is 34.1 Å². The van der Waals surface area contributed by atoms with Gasteiger partial charge in [0.05, 0.1) is 5.69 Å². The van der Waals surface area contributed by atoms with Crippen molar-refractivity contribution in [3.8, 4) is 11.5 Å². The van der Waals surface area contributed by atoms with Crippen molar-refractivity contribution in [2.75, 3.05) is 44.2 Å². The van der Waals surface area contributed by atoms with Gasteiger partial charge in [-0.05, 0) is 30.3 Å². The molecule has 1 heterocycles. The van der Waals surface area contributed by atoms with Gasteiger partial charge in [0.2, 0.25) is 0 Å². The lowest BCUT2D eigenvalue weighted by molar-refractivity contribution is 0.200. The Kier molecular flexibility index (Phi) is 5.41. The van der Waals surface area contributed by atoms with Crippen LogP contribution in [0.4, 0.5) is 5.69 Å². The first-order valence-corrected chi connectivity index (χ1v) is 8.65. The molecule has 4 nitrogen and oxygen atoms in total. The molecule has 1 aliphatic heterocycles. The molecule has 122 valence electrons. The minimum atomic E-state index is 0.360. The number of rotatable bonds is 5. The monoisotopic (exact) mass is 376 g/mol. The number of para-hydroxylation sites is 2. The van der Waals surface area contributed by atoms with Crippen LogP contribution in [0.3, 0.4) is 0 Å². The van der Waals surface area contributed by atoms with Crippen LogP contribution in [0.1, 0.15) is 0 Å². The number of phenolic OH excluding ortho intramolecular Hbond substituents is 1. The second kappa shape index (κ2) is 7.70. The SMILES string of the molecule is Oc1ccccc1N1CCN(CCOc2cccc(Br)c2)CC1. The molecule has 23 heavy (non-hydrogen) atoms. The maximum absolute atomic E-state index is 9.94. The van der Waals surface area contributed by atoms with Crippen LogP contribution in [0.25, 0.3) is 0 Å². The molecule has 1 N–H and O–H groups in total. The van der Waals surface area contributed by atoms with Crippen LogP contribution in [0.15, 0.2) is 53.0 Å². The molecule has 0 bridgehead atoms. The molecule has 0 saturated carbocycles. The van der Waals surface area contributed by atoms with E-state index in [1.807, 2.05) is 42.5 Å². The third-order valence-corrected chi connectivity index (χ3v) is 4.56. The highest BCUT2D eigenvalue weighted by Crippen LogP contribution is 2.27. The number of hydrogen-bond acceptors (Lipinski definition) is 4. The summed E-state index contributed by atoms with van der Waals surface area (Å²) in [6, 6.07) is 15.5. The van der Waals surface area contributed by atoms with Crippen LogP contribution >= 0.6 is 15.9 Å². The predicted octanol–water partition coefficient (Wildman–Crippen LogP) is 3.36. The summed E-state index contributed by atoms with van der Waals surface area (Å²) in [5.74, 6) is 1.26. The Morgan fingerprint density at radius 1 is 1.00 bits per heavy atom. The summed E-state index contributed by atoms with van der Waals surface area (Å²) in [6.07, 6.45) is 0. The fourth-order valence-electron chi connectivity index (χ4n) is 2.79. The topological polar surface area (TPSA) is 35.9 Å². The number of anilines is 1. The van der Waals surface area contributed by atoms with Crippen molar-refractivity contribution in [3.05, 3.63) is 53.0 Å². The lowest BCUT2D eigenvalue weighted by Crippen LogP contribution is -2.47. The van der Waals surface area contributed by atoms with Crippen molar-refractivity contribution in [2.45, 2.75) is 0 Å². The molecule has 0 unspecified atom stereocenters. The zero-order valence-corrected chi connectivity index (χ0v) is 14.6. The predicted molar refractivity (Wildman–Crippen MR) is 96.4 cm³/mol. The normalized spacial score (nSPS) is 15.6.